The predicted molar refractivity (Wildman–Crippen MR) is 66.5 cm³/mol. The Morgan fingerprint density at radius 2 is 1.82 bits per heavy atom. The van der Waals surface area contributed by atoms with Gasteiger partial charge in [-0.15, -0.1) is 0 Å². The van der Waals surface area contributed by atoms with Gasteiger partial charge in [0.2, 0.25) is 5.91 Å². The maximum atomic E-state index is 11.6. The highest BCUT2D eigenvalue weighted by Crippen LogP contribution is 2.17. The zero-order chi connectivity index (χ0) is 13.5. The van der Waals surface area contributed by atoms with Gasteiger partial charge in [0.1, 0.15) is 0 Å². The number of unbranched alkanes of at least 4 members (excludes halogenated alkanes) is 2. The van der Waals surface area contributed by atoms with Crippen LogP contribution < -0.4 is 11.1 Å². The quantitative estimate of drug-likeness (QED) is 0.585. The number of nitrogens with two attached hydrogens (primary N) is 1. The van der Waals surface area contributed by atoms with E-state index in [2.05, 4.69) is 5.32 Å². The van der Waals surface area contributed by atoms with Gasteiger partial charge in [-0.25, -0.2) is 0 Å². The second-order valence-corrected chi connectivity index (χ2v) is 5.34. The lowest BCUT2D eigenvalue weighted by Gasteiger charge is -2.25. The molecule has 4 N–H and O–H groups in total. The van der Waals surface area contributed by atoms with Crippen LogP contribution in [0.25, 0.3) is 0 Å². The van der Waals surface area contributed by atoms with E-state index in [-0.39, 0.29) is 17.7 Å². The molecule has 0 unspecified atom stereocenters. The monoisotopic (exact) mass is 244 g/mol. The summed E-state index contributed by atoms with van der Waals surface area (Å²) in [5.74, 6) is -0.917. The predicted octanol–water partition coefficient (Wildman–Crippen LogP) is 1.12. The zero-order valence-corrected chi connectivity index (χ0v) is 11.0. The van der Waals surface area contributed by atoms with Crippen LogP contribution in [-0.4, -0.2) is 29.6 Å². The smallest absolute Gasteiger partial charge is 0.303 e. The van der Waals surface area contributed by atoms with Gasteiger partial charge >= 0.3 is 5.97 Å². The molecule has 0 bridgehead atoms. The highest BCUT2D eigenvalue weighted by molar-refractivity contribution is 5.82. The van der Waals surface area contributed by atoms with Crippen molar-refractivity contribution in [1.29, 1.82) is 0 Å². The third-order valence-electron chi connectivity index (χ3n) is 2.58. The van der Waals surface area contributed by atoms with Crippen LogP contribution in [0.1, 0.15) is 46.5 Å². The number of rotatable bonds is 7. The second kappa shape index (κ2) is 7.27. The molecule has 0 aromatic rings. The highest BCUT2D eigenvalue weighted by Gasteiger charge is 2.26. The topological polar surface area (TPSA) is 92.4 Å². The molecule has 0 spiro atoms. The van der Waals surface area contributed by atoms with Crippen molar-refractivity contribution in [3.8, 4) is 0 Å². The van der Waals surface area contributed by atoms with Crippen molar-refractivity contribution in [2.24, 2.45) is 11.1 Å². The van der Waals surface area contributed by atoms with Crippen LogP contribution in [0, 0.1) is 5.41 Å². The number of amides is 1. The van der Waals surface area contributed by atoms with E-state index in [1.807, 2.05) is 20.8 Å². The molecule has 0 rings (SSSR count). The van der Waals surface area contributed by atoms with Crippen LogP contribution >= 0.6 is 0 Å². The average molecular weight is 244 g/mol. The third kappa shape index (κ3) is 7.74. The Morgan fingerprint density at radius 1 is 1.24 bits per heavy atom. The van der Waals surface area contributed by atoms with Crippen molar-refractivity contribution < 1.29 is 14.7 Å². The molecule has 1 amide bonds. The van der Waals surface area contributed by atoms with E-state index < -0.39 is 12.0 Å². The minimum Gasteiger partial charge on any atom is -0.481 e. The van der Waals surface area contributed by atoms with Gasteiger partial charge in [-0.3, -0.25) is 9.59 Å². The molecular formula is C12H24N2O3. The molecule has 0 aromatic heterocycles. The summed E-state index contributed by atoms with van der Waals surface area (Å²) in [6, 6.07) is -0.512. The fraction of sp³-hybridized carbons (Fsp3) is 0.833. The second-order valence-electron chi connectivity index (χ2n) is 5.34. The minimum absolute atomic E-state index is 0.143. The molecular weight excluding hydrogens is 220 g/mol. The first-order valence-electron chi connectivity index (χ1n) is 6.00. The van der Waals surface area contributed by atoms with E-state index in [9.17, 15) is 9.59 Å². The zero-order valence-electron chi connectivity index (χ0n) is 11.0. The van der Waals surface area contributed by atoms with E-state index in [0.717, 1.165) is 12.8 Å². The van der Waals surface area contributed by atoms with E-state index in [1.54, 1.807) is 0 Å². The van der Waals surface area contributed by atoms with Gasteiger partial charge < -0.3 is 16.2 Å². The van der Waals surface area contributed by atoms with Gasteiger partial charge in [-0.05, 0) is 18.3 Å². The normalized spacial score (nSPS) is 13.2. The summed E-state index contributed by atoms with van der Waals surface area (Å²) in [5, 5.41) is 11.2. The number of carboxylic acid groups (broad SMARTS) is 1. The van der Waals surface area contributed by atoms with Gasteiger partial charge in [0.15, 0.2) is 0 Å². The first-order valence-corrected chi connectivity index (χ1v) is 6.00. The first kappa shape index (κ1) is 15.9. The van der Waals surface area contributed by atoms with Crippen molar-refractivity contribution in [3.63, 3.8) is 0 Å². The Morgan fingerprint density at radius 3 is 2.29 bits per heavy atom. The maximum absolute atomic E-state index is 11.6. The van der Waals surface area contributed by atoms with Gasteiger partial charge in [0, 0.05) is 13.0 Å². The van der Waals surface area contributed by atoms with Crippen LogP contribution in [0.5, 0.6) is 0 Å². The Kier molecular flexibility index (Phi) is 6.80. The number of carbonyl (C=O) groups is 2. The lowest BCUT2D eigenvalue weighted by Crippen LogP contribution is -2.48. The summed E-state index contributed by atoms with van der Waals surface area (Å²) >= 11 is 0. The van der Waals surface area contributed by atoms with Gasteiger partial charge in [-0.1, -0.05) is 27.2 Å². The van der Waals surface area contributed by atoms with E-state index >= 15 is 0 Å². The van der Waals surface area contributed by atoms with E-state index in [1.165, 1.54) is 0 Å². The minimum atomic E-state index is -0.774. The molecule has 0 aliphatic heterocycles. The summed E-state index contributed by atoms with van der Waals surface area (Å²) in [4.78, 5) is 21.9. The average Bonchev–Trinajstić information content (AvgIpc) is 2.19. The highest BCUT2D eigenvalue weighted by atomic mass is 16.4. The molecule has 0 aromatic carbocycles. The largest absolute Gasteiger partial charge is 0.481 e. The summed E-state index contributed by atoms with van der Waals surface area (Å²) < 4.78 is 0. The summed E-state index contributed by atoms with van der Waals surface area (Å²) in [5.41, 5.74) is 5.54. The molecule has 0 aliphatic rings. The van der Waals surface area contributed by atoms with Crippen molar-refractivity contribution in [3.05, 3.63) is 0 Å². The molecule has 5 nitrogen and oxygen atoms in total. The Labute approximate surface area is 103 Å². The van der Waals surface area contributed by atoms with Crippen LogP contribution in [-0.2, 0) is 9.59 Å². The third-order valence-corrected chi connectivity index (χ3v) is 2.58. The van der Waals surface area contributed by atoms with Crippen molar-refractivity contribution >= 4 is 11.9 Å². The number of aliphatic carboxylic acids is 1. The molecule has 17 heavy (non-hydrogen) atoms. The van der Waals surface area contributed by atoms with Gasteiger partial charge in [-0.2, -0.15) is 0 Å². The lowest BCUT2D eigenvalue weighted by molar-refractivity contribution is -0.137. The fourth-order valence-electron chi connectivity index (χ4n) is 1.29. The van der Waals surface area contributed by atoms with Gasteiger partial charge in [0.25, 0.3) is 0 Å². The molecule has 100 valence electrons. The summed E-state index contributed by atoms with van der Waals surface area (Å²) in [7, 11) is 0. The number of carboxylic acids is 1. The number of hydrogen-bond donors (Lipinski definition) is 3. The Bertz CT molecular complexity index is 259. The summed E-state index contributed by atoms with van der Waals surface area (Å²) in [6.45, 7) is 6.32. The Hall–Kier alpha value is -1.10. The van der Waals surface area contributed by atoms with Crippen LogP contribution in [0.3, 0.4) is 0 Å². The van der Waals surface area contributed by atoms with Crippen molar-refractivity contribution in [2.45, 2.75) is 52.5 Å². The van der Waals surface area contributed by atoms with E-state index in [4.69, 9.17) is 10.8 Å². The Balaban J connectivity index is 3.62. The fourth-order valence-corrected chi connectivity index (χ4v) is 1.29. The summed E-state index contributed by atoms with van der Waals surface area (Å²) in [6.07, 6.45) is 2.43. The molecule has 0 saturated heterocycles. The number of nitrogens with one attached hydrogen (secondary N) is 1. The van der Waals surface area contributed by atoms with Crippen molar-refractivity contribution in [2.75, 3.05) is 6.54 Å². The number of hydrogen-bond acceptors (Lipinski definition) is 3. The molecule has 1 atom stereocenters. The van der Waals surface area contributed by atoms with Crippen LogP contribution in [0.2, 0.25) is 0 Å². The van der Waals surface area contributed by atoms with Crippen LogP contribution in [0.15, 0.2) is 0 Å². The van der Waals surface area contributed by atoms with Crippen LogP contribution in [0.4, 0.5) is 0 Å². The lowest BCUT2D eigenvalue weighted by atomic mass is 9.87. The molecule has 0 heterocycles. The van der Waals surface area contributed by atoms with Gasteiger partial charge in [0.05, 0.1) is 6.04 Å². The molecule has 0 saturated carbocycles. The first-order chi connectivity index (χ1) is 7.75. The SMILES string of the molecule is CC(C)(C)[C@@H](N)C(=O)NCCCCCC(=O)O. The number of carbonyl (C=O) groups excluding carboxylic acids is 1. The van der Waals surface area contributed by atoms with E-state index in [0.29, 0.717) is 13.0 Å². The molecule has 0 fully saturated rings. The van der Waals surface area contributed by atoms with Crippen molar-refractivity contribution in [1.82, 2.24) is 5.32 Å². The molecule has 0 aliphatic carbocycles. The standard InChI is InChI=1S/C12H24N2O3/c1-12(2,3)10(13)11(17)14-8-6-4-5-7-9(15)16/h10H,4-8,13H2,1-3H3,(H,14,17)(H,15,16)/t10-/m0/s1. The maximum Gasteiger partial charge on any atom is 0.303 e. The molecule has 5 heteroatoms. The molecule has 0 radical (unpaired) electrons.